The minimum absolute atomic E-state index is 0. The zero-order chi connectivity index (χ0) is 10.3. The van der Waals surface area contributed by atoms with Gasteiger partial charge in [0.2, 0.25) is 0 Å². The molecule has 0 saturated carbocycles. The van der Waals surface area contributed by atoms with Crippen molar-refractivity contribution in [2.75, 3.05) is 13.1 Å². The van der Waals surface area contributed by atoms with Crippen molar-refractivity contribution < 1.29 is 4.39 Å². The van der Waals surface area contributed by atoms with Gasteiger partial charge in [-0.2, -0.15) is 0 Å². The zero-order valence-corrected chi connectivity index (χ0v) is 10.0. The van der Waals surface area contributed by atoms with Crippen molar-refractivity contribution in [3.63, 3.8) is 0 Å². The number of hydrogen-bond donors (Lipinski definition) is 2. The van der Waals surface area contributed by atoms with Crippen LogP contribution in [0.4, 0.5) is 4.39 Å². The monoisotopic (exact) mass is 270 g/mol. The Bertz CT molecular complexity index is 380. The first-order chi connectivity index (χ1) is 6.53. The number of nitrogens with one attached hydrogen (secondary N) is 1. The van der Waals surface area contributed by atoms with Crippen molar-refractivity contribution >= 4 is 35.6 Å². The topological polar surface area (TPSA) is 38.0 Å². The number of hydrogen-bond acceptors (Lipinski definition) is 2. The summed E-state index contributed by atoms with van der Waals surface area (Å²) in [7, 11) is 0. The van der Waals surface area contributed by atoms with Gasteiger partial charge in [0.25, 0.3) is 0 Å². The maximum absolute atomic E-state index is 13.2. The fourth-order valence-electron chi connectivity index (χ4n) is 1.49. The van der Waals surface area contributed by atoms with E-state index < -0.39 is 11.4 Å². The summed E-state index contributed by atoms with van der Waals surface area (Å²) >= 11 is 11.5. The molecule has 15 heavy (non-hydrogen) atoms. The number of rotatable bonds is 1. The molecule has 84 valence electrons. The van der Waals surface area contributed by atoms with Crippen LogP contribution in [0.15, 0.2) is 12.1 Å². The predicted molar refractivity (Wildman–Crippen MR) is 62.4 cm³/mol. The Balaban J connectivity index is 0.00000112. The summed E-state index contributed by atoms with van der Waals surface area (Å²) in [6.45, 7) is 1.21. The fraction of sp³-hybridized carbons (Fsp3) is 0.333. The third-order valence-electron chi connectivity index (χ3n) is 2.43. The van der Waals surface area contributed by atoms with Gasteiger partial charge in [0.15, 0.2) is 0 Å². The van der Waals surface area contributed by atoms with Gasteiger partial charge in [-0.25, -0.2) is 4.39 Å². The lowest BCUT2D eigenvalue weighted by atomic mass is 9.85. The van der Waals surface area contributed by atoms with Crippen LogP contribution in [0.25, 0.3) is 0 Å². The van der Waals surface area contributed by atoms with Crippen LogP contribution < -0.4 is 11.1 Å². The summed E-state index contributed by atoms with van der Waals surface area (Å²) in [6.07, 6.45) is 0. The van der Waals surface area contributed by atoms with E-state index in [1.807, 2.05) is 0 Å². The molecule has 0 bridgehead atoms. The first-order valence-corrected chi connectivity index (χ1v) is 4.93. The average molecular weight is 272 g/mol. The lowest BCUT2D eigenvalue weighted by Gasteiger charge is -2.40. The Morgan fingerprint density at radius 1 is 1.27 bits per heavy atom. The van der Waals surface area contributed by atoms with E-state index in [-0.39, 0.29) is 17.4 Å². The van der Waals surface area contributed by atoms with Crippen molar-refractivity contribution in [1.29, 1.82) is 0 Å². The average Bonchev–Trinajstić information content (AvgIpc) is 2.07. The maximum Gasteiger partial charge on any atom is 0.142 e. The Hall–Kier alpha value is -0.0600. The highest BCUT2D eigenvalue weighted by atomic mass is 35.5. The molecule has 0 radical (unpaired) electrons. The molecular formula is C9H10Cl3FN2. The number of benzene rings is 1. The first kappa shape index (κ1) is 13.0. The van der Waals surface area contributed by atoms with Crippen molar-refractivity contribution in [2.24, 2.45) is 5.73 Å². The van der Waals surface area contributed by atoms with Gasteiger partial charge >= 0.3 is 0 Å². The molecular weight excluding hydrogens is 261 g/mol. The van der Waals surface area contributed by atoms with E-state index in [0.717, 1.165) is 0 Å². The first-order valence-electron chi connectivity index (χ1n) is 4.17. The summed E-state index contributed by atoms with van der Waals surface area (Å²) in [4.78, 5) is 0. The molecule has 0 amide bonds. The van der Waals surface area contributed by atoms with E-state index in [4.69, 9.17) is 28.9 Å². The molecule has 0 aromatic heterocycles. The Morgan fingerprint density at radius 2 is 1.87 bits per heavy atom. The molecule has 1 aromatic carbocycles. The molecule has 1 heterocycles. The Morgan fingerprint density at radius 3 is 2.33 bits per heavy atom. The van der Waals surface area contributed by atoms with E-state index in [2.05, 4.69) is 5.32 Å². The van der Waals surface area contributed by atoms with Gasteiger partial charge in [-0.05, 0) is 17.7 Å². The van der Waals surface area contributed by atoms with Crippen LogP contribution in [-0.2, 0) is 5.54 Å². The van der Waals surface area contributed by atoms with Crippen LogP contribution in [0.2, 0.25) is 10.0 Å². The van der Waals surface area contributed by atoms with Gasteiger partial charge in [0, 0.05) is 18.1 Å². The molecule has 6 heteroatoms. The largest absolute Gasteiger partial charge is 0.319 e. The minimum Gasteiger partial charge on any atom is -0.319 e. The number of halogens is 4. The molecule has 0 unspecified atom stereocenters. The standard InChI is InChI=1S/C9H9Cl2FN2.ClH/c10-6-2-7(11)8(12)1-5(6)9(13)3-14-4-9;/h1-2,14H,3-4,13H2;1H. The van der Waals surface area contributed by atoms with E-state index >= 15 is 0 Å². The normalized spacial score (nSPS) is 17.9. The summed E-state index contributed by atoms with van der Waals surface area (Å²) < 4.78 is 13.2. The van der Waals surface area contributed by atoms with Crippen LogP contribution in [0.1, 0.15) is 5.56 Å². The highest BCUT2D eigenvalue weighted by Gasteiger charge is 2.36. The lowest BCUT2D eigenvalue weighted by Crippen LogP contribution is -2.62. The minimum atomic E-state index is -0.553. The highest BCUT2D eigenvalue weighted by Crippen LogP contribution is 2.32. The van der Waals surface area contributed by atoms with Crippen molar-refractivity contribution in [3.05, 3.63) is 33.6 Å². The van der Waals surface area contributed by atoms with Gasteiger partial charge in [-0.3, -0.25) is 0 Å². The Labute approximate surface area is 103 Å². The van der Waals surface area contributed by atoms with Crippen molar-refractivity contribution in [3.8, 4) is 0 Å². The second-order valence-electron chi connectivity index (χ2n) is 3.51. The zero-order valence-electron chi connectivity index (χ0n) is 7.69. The third kappa shape index (κ3) is 2.22. The van der Waals surface area contributed by atoms with Crippen LogP contribution >= 0.6 is 35.6 Å². The van der Waals surface area contributed by atoms with Crippen LogP contribution in [0, 0.1) is 5.82 Å². The van der Waals surface area contributed by atoms with Gasteiger partial charge in [-0.1, -0.05) is 23.2 Å². The molecule has 2 nitrogen and oxygen atoms in total. The quantitative estimate of drug-likeness (QED) is 0.769. The third-order valence-corrected chi connectivity index (χ3v) is 3.03. The van der Waals surface area contributed by atoms with Gasteiger partial charge < -0.3 is 11.1 Å². The van der Waals surface area contributed by atoms with E-state index in [0.29, 0.717) is 23.7 Å². The van der Waals surface area contributed by atoms with Crippen LogP contribution in [-0.4, -0.2) is 13.1 Å². The summed E-state index contributed by atoms with van der Waals surface area (Å²) in [5, 5.41) is 3.46. The summed E-state index contributed by atoms with van der Waals surface area (Å²) in [5.74, 6) is -0.484. The van der Waals surface area contributed by atoms with Crippen LogP contribution in [0.3, 0.4) is 0 Å². The molecule has 0 atom stereocenters. The second-order valence-corrected chi connectivity index (χ2v) is 4.32. The molecule has 0 spiro atoms. The lowest BCUT2D eigenvalue weighted by molar-refractivity contribution is 0.286. The van der Waals surface area contributed by atoms with E-state index in [1.165, 1.54) is 12.1 Å². The van der Waals surface area contributed by atoms with E-state index in [9.17, 15) is 4.39 Å². The fourth-order valence-corrected chi connectivity index (χ4v) is 2.06. The predicted octanol–water partition coefficient (Wildman–Crippen LogP) is 2.31. The smallest absolute Gasteiger partial charge is 0.142 e. The molecule has 1 saturated heterocycles. The number of nitrogens with two attached hydrogens (primary N) is 1. The Kier molecular flexibility index (Phi) is 3.85. The summed E-state index contributed by atoms with van der Waals surface area (Å²) in [5.41, 5.74) is 6.05. The second kappa shape index (κ2) is 4.44. The van der Waals surface area contributed by atoms with Crippen molar-refractivity contribution in [1.82, 2.24) is 5.32 Å². The van der Waals surface area contributed by atoms with Crippen LogP contribution in [0.5, 0.6) is 0 Å². The highest BCUT2D eigenvalue weighted by molar-refractivity contribution is 6.35. The van der Waals surface area contributed by atoms with Crippen molar-refractivity contribution in [2.45, 2.75) is 5.54 Å². The molecule has 1 aromatic rings. The molecule has 2 rings (SSSR count). The van der Waals surface area contributed by atoms with Gasteiger partial charge in [-0.15, -0.1) is 12.4 Å². The molecule has 0 aliphatic carbocycles. The maximum atomic E-state index is 13.2. The summed E-state index contributed by atoms with van der Waals surface area (Å²) in [6, 6.07) is 2.70. The SMILES string of the molecule is Cl.NC1(c2cc(F)c(Cl)cc2Cl)CNC1. The van der Waals surface area contributed by atoms with Gasteiger partial charge in [0.05, 0.1) is 10.6 Å². The molecule has 1 fully saturated rings. The molecule has 3 N–H and O–H groups in total. The van der Waals surface area contributed by atoms with E-state index in [1.54, 1.807) is 0 Å². The molecule has 1 aliphatic heterocycles. The molecule has 1 aliphatic rings. The van der Waals surface area contributed by atoms with Gasteiger partial charge in [0.1, 0.15) is 5.82 Å².